The molecule has 1 aromatic heterocycles. The number of aryl methyl sites for hydroxylation is 1. The Morgan fingerprint density at radius 3 is 2.54 bits per heavy atom. The second-order valence-electron chi connectivity index (χ2n) is 8.18. The smallest absolute Gasteiger partial charge is 0.135 e. The van der Waals surface area contributed by atoms with Crippen LogP contribution in [0.3, 0.4) is 0 Å². The lowest BCUT2D eigenvalue weighted by atomic mass is 9.67. The highest BCUT2D eigenvalue weighted by atomic mass is 16.3. The molecule has 1 aliphatic carbocycles. The fraction of sp³-hybridized carbons (Fsp3) is 0.455. The summed E-state index contributed by atoms with van der Waals surface area (Å²) < 4.78 is 6.07. The molecule has 0 spiro atoms. The molecular weight excluding hydrogens is 294 g/mol. The van der Waals surface area contributed by atoms with Gasteiger partial charge in [-0.3, -0.25) is 0 Å². The van der Waals surface area contributed by atoms with Crippen molar-refractivity contribution < 1.29 is 4.42 Å². The highest BCUT2D eigenvalue weighted by Crippen LogP contribution is 2.50. The Balaban J connectivity index is 1.74. The van der Waals surface area contributed by atoms with E-state index < -0.39 is 0 Å². The molecule has 0 N–H and O–H groups in total. The van der Waals surface area contributed by atoms with Gasteiger partial charge in [0.25, 0.3) is 0 Å². The van der Waals surface area contributed by atoms with Crippen LogP contribution in [0.4, 0.5) is 5.69 Å². The second-order valence-corrected chi connectivity index (χ2v) is 8.18. The molecule has 1 atom stereocenters. The molecule has 124 valence electrons. The van der Waals surface area contributed by atoms with Gasteiger partial charge in [-0.1, -0.05) is 18.2 Å². The van der Waals surface area contributed by atoms with Crippen LogP contribution in [-0.4, -0.2) is 11.6 Å². The van der Waals surface area contributed by atoms with Crippen LogP contribution in [0, 0.1) is 12.8 Å². The van der Waals surface area contributed by atoms with E-state index in [1.54, 1.807) is 0 Å². The Morgan fingerprint density at radius 1 is 1.04 bits per heavy atom. The van der Waals surface area contributed by atoms with E-state index in [-0.39, 0.29) is 0 Å². The molecule has 24 heavy (non-hydrogen) atoms. The molecule has 2 heteroatoms. The first-order valence-electron chi connectivity index (χ1n) is 9.28. The maximum atomic E-state index is 6.07. The second kappa shape index (κ2) is 4.78. The maximum Gasteiger partial charge on any atom is 0.135 e. The summed E-state index contributed by atoms with van der Waals surface area (Å²) >= 11 is 0. The molecule has 0 amide bonds. The third kappa shape index (κ3) is 1.83. The summed E-state index contributed by atoms with van der Waals surface area (Å²) in [5.74, 6) is 0.850. The normalized spacial score (nSPS) is 29.7. The van der Waals surface area contributed by atoms with Crippen molar-refractivity contribution in [1.29, 1.82) is 0 Å². The van der Waals surface area contributed by atoms with Crippen molar-refractivity contribution in [2.24, 2.45) is 5.92 Å². The lowest BCUT2D eigenvalue weighted by molar-refractivity contribution is 0.134. The van der Waals surface area contributed by atoms with Crippen molar-refractivity contribution in [3.05, 3.63) is 42.0 Å². The Labute approximate surface area is 143 Å². The largest absolute Gasteiger partial charge is 0.456 e. The summed E-state index contributed by atoms with van der Waals surface area (Å²) in [5, 5.41) is 2.48. The van der Waals surface area contributed by atoms with Crippen LogP contribution >= 0.6 is 0 Å². The number of furan rings is 1. The average molecular weight is 319 g/mol. The lowest BCUT2D eigenvalue weighted by Crippen LogP contribution is -2.61. The number of hydrogen-bond acceptors (Lipinski definition) is 2. The Morgan fingerprint density at radius 2 is 1.79 bits per heavy atom. The summed E-state index contributed by atoms with van der Waals surface area (Å²) in [6, 6.07) is 13.6. The van der Waals surface area contributed by atoms with Crippen LogP contribution in [0.5, 0.6) is 0 Å². The SMILES string of the molecule is Cc1cc2oc3ccccc3c2cc1N1C(C)C2CCC1(C)CC2. The maximum absolute atomic E-state index is 6.07. The highest BCUT2D eigenvalue weighted by molar-refractivity contribution is 6.06. The zero-order valence-corrected chi connectivity index (χ0v) is 14.8. The predicted octanol–water partition coefficient (Wildman–Crippen LogP) is 6.05. The zero-order valence-electron chi connectivity index (χ0n) is 14.8. The van der Waals surface area contributed by atoms with E-state index in [0.29, 0.717) is 11.6 Å². The number of hydrogen-bond donors (Lipinski definition) is 0. The highest BCUT2D eigenvalue weighted by Gasteiger charge is 2.47. The molecule has 2 saturated heterocycles. The molecule has 3 aliphatic rings. The van der Waals surface area contributed by atoms with E-state index in [4.69, 9.17) is 4.42 Å². The van der Waals surface area contributed by atoms with Crippen LogP contribution < -0.4 is 4.90 Å². The quantitative estimate of drug-likeness (QED) is 0.542. The van der Waals surface area contributed by atoms with E-state index in [1.165, 1.54) is 47.7 Å². The van der Waals surface area contributed by atoms with Crippen LogP contribution in [0.15, 0.2) is 40.8 Å². The van der Waals surface area contributed by atoms with Crippen molar-refractivity contribution in [1.82, 2.24) is 0 Å². The van der Waals surface area contributed by atoms with Crippen molar-refractivity contribution >= 4 is 27.6 Å². The van der Waals surface area contributed by atoms with Gasteiger partial charge in [0, 0.05) is 28.0 Å². The minimum absolute atomic E-state index is 0.312. The molecule has 6 rings (SSSR count). The number of benzene rings is 2. The standard InChI is InChI=1S/C22H25NO/c1-14-12-21-18(17-6-4-5-7-20(17)24-21)13-19(14)23-15(2)16-8-10-22(23,3)11-9-16/h4-7,12-13,15-16H,8-11H2,1-3H3. The van der Waals surface area contributed by atoms with Crippen LogP contribution in [-0.2, 0) is 0 Å². The number of piperidine rings is 2. The fourth-order valence-electron chi connectivity index (χ4n) is 5.32. The molecule has 3 fully saturated rings. The minimum atomic E-state index is 0.312. The molecule has 1 saturated carbocycles. The van der Waals surface area contributed by atoms with Crippen molar-refractivity contribution in [3.8, 4) is 0 Å². The minimum Gasteiger partial charge on any atom is -0.456 e. The van der Waals surface area contributed by atoms with Crippen LogP contribution in [0.1, 0.15) is 45.1 Å². The van der Waals surface area contributed by atoms with Gasteiger partial charge in [-0.15, -0.1) is 0 Å². The van der Waals surface area contributed by atoms with Gasteiger partial charge >= 0.3 is 0 Å². The predicted molar refractivity (Wildman–Crippen MR) is 101 cm³/mol. The van der Waals surface area contributed by atoms with E-state index in [0.717, 1.165) is 17.1 Å². The molecule has 2 bridgehead atoms. The average Bonchev–Trinajstić information content (AvgIpc) is 2.92. The summed E-state index contributed by atoms with van der Waals surface area (Å²) in [5.41, 5.74) is 5.06. The van der Waals surface area contributed by atoms with Crippen LogP contribution in [0.2, 0.25) is 0 Å². The van der Waals surface area contributed by atoms with E-state index in [9.17, 15) is 0 Å². The monoisotopic (exact) mass is 319 g/mol. The molecule has 1 unspecified atom stereocenters. The first-order chi connectivity index (χ1) is 11.6. The number of rotatable bonds is 1. The van der Waals surface area contributed by atoms with Gasteiger partial charge in [0.2, 0.25) is 0 Å². The summed E-state index contributed by atoms with van der Waals surface area (Å²) in [6.45, 7) is 7.13. The van der Waals surface area contributed by atoms with Crippen molar-refractivity contribution in [2.75, 3.05) is 4.90 Å². The Hall–Kier alpha value is -1.96. The van der Waals surface area contributed by atoms with Gasteiger partial charge in [-0.25, -0.2) is 0 Å². The summed E-state index contributed by atoms with van der Waals surface area (Å²) in [7, 11) is 0. The Kier molecular flexibility index (Phi) is 2.87. The number of anilines is 1. The molecule has 3 aromatic rings. The fourth-order valence-corrected chi connectivity index (χ4v) is 5.32. The molecule has 2 aliphatic heterocycles. The van der Waals surface area contributed by atoms with Gasteiger partial charge in [0.1, 0.15) is 11.2 Å². The van der Waals surface area contributed by atoms with E-state index in [2.05, 4.69) is 56.0 Å². The Bertz CT molecular complexity index is 930. The molecule has 0 radical (unpaired) electrons. The van der Waals surface area contributed by atoms with E-state index in [1.807, 2.05) is 6.07 Å². The summed E-state index contributed by atoms with van der Waals surface area (Å²) in [6.07, 6.45) is 5.44. The molecule has 3 heterocycles. The zero-order chi connectivity index (χ0) is 16.5. The third-order valence-electron chi connectivity index (χ3n) is 6.73. The number of fused-ring (bicyclic) bond motifs is 6. The third-order valence-corrected chi connectivity index (χ3v) is 6.73. The molecule has 2 nitrogen and oxygen atoms in total. The lowest BCUT2D eigenvalue weighted by Gasteiger charge is -2.58. The van der Waals surface area contributed by atoms with Gasteiger partial charge in [-0.05, 0) is 76.1 Å². The molecule has 2 aromatic carbocycles. The first kappa shape index (κ1) is 14.4. The van der Waals surface area contributed by atoms with Gasteiger partial charge in [0.05, 0.1) is 0 Å². The van der Waals surface area contributed by atoms with Gasteiger partial charge < -0.3 is 9.32 Å². The summed E-state index contributed by atoms with van der Waals surface area (Å²) in [4.78, 5) is 2.74. The van der Waals surface area contributed by atoms with Crippen molar-refractivity contribution in [2.45, 2.75) is 58.0 Å². The first-order valence-corrected chi connectivity index (χ1v) is 9.28. The number of para-hydroxylation sites is 1. The van der Waals surface area contributed by atoms with Crippen LogP contribution in [0.25, 0.3) is 21.9 Å². The van der Waals surface area contributed by atoms with Crippen molar-refractivity contribution in [3.63, 3.8) is 0 Å². The van der Waals surface area contributed by atoms with Gasteiger partial charge in [0.15, 0.2) is 0 Å². The number of nitrogens with zero attached hydrogens (tertiary/aromatic N) is 1. The molecular formula is C22H25NO. The van der Waals surface area contributed by atoms with Gasteiger partial charge in [-0.2, -0.15) is 0 Å². The topological polar surface area (TPSA) is 16.4 Å². The van der Waals surface area contributed by atoms with E-state index >= 15 is 0 Å².